The van der Waals surface area contributed by atoms with Crippen LogP contribution in [0.3, 0.4) is 0 Å². The van der Waals surface area contributed by atoms with Crippen LogP contribution >= 0.6 is 15.9 Å². The van der Waals surface area contributed by atoms with E-state index in [2.05, 4.69) is 15.9 Å². The summed E-state index contributed by atoms with van der Waals surface area (Å²) in [5, 5.41) is 0. The number of hydrogen-bond acceptors (Lipinski definition) is 1. The lowest BCUT2D eigenvalue weighted by atomic mass is 10.0. The summed E-state index contributed by atoms with van der Waals surface area (Å²) in [4.78, 5) is 12.0. The van der Waals surface area contributed by atoms with Gasteiger partial charge in [-0.25, -0.2) is 4.39 Å². The Labute approximate surface area is 107 Å². The number of Topliss-reactive ketones (excluding diaryl/α,β-unsaturated/α-hetero) is 1. The van der Waals surface area contributed by atoms with Crippen molar-refractivity contribution in [1.29, 1.82) is 0 Å². The fourth-order valence-electron chi connectivity index (χ4n) is 1.61. The summed E-state index contributed by atoms with van der Waals surface area (Å²) in [5.41, 5.74) is 1.31. The highest BCUT2D eigenvalue weighted by atomic mass is 79.9. The Kier molecular flexibility index (Phi) is 3.69. The second kappa shape index (κ2) is 5.23. The van der Waals surface area contributed by atoms with Gasteiger partial charge in [0.25, 0.3) is 0 Å². The minimum atomic E-state index is -0.317. The maximum atomic E-state index is 13.0. The average Bonchev–Trinajstić information content (AvgIpc) is 2.29. The first-order valence-electron chi connectivity index (χ1n) is 5.19. The molecule has 0 bridgehead atoms. The summed E-state index contributed by atoms with van der Waals surface area (Å²) in [6.07, 6.45) is 0.209. The normalized spacial score (nSPS) is 10.2. The number of benzene rings is 2. The Bertz CT molecular complexity index is 551. The minimum absolute atomic E-state index is 0.0249. The van der Waals surface area contributed by atoms with Crippen LogP contribution in [0.2, 0.25) is 0 Å². The van der Waals surface area contributed by atoms with E-state index in [9.17, 15) is 9.18 Å². The summed E-state index contributed by atoms with van der Waals surface area (Å²) in [6, 6.07) is 13.3. The lowest BCUT2D eigenvalue weighted by molar-refractivity contribution is 0.0992. The van der Waals surface area contributed by atoms with Gasteiger partial charge >= 0.3 is 0 Å². The van der Waals surface area contributed by atoms with E-state index < -0.39 is 0 Å². The molecule has 17 heavy (non-hydrogen) atoms. The van der Waals surface area contributed by atoms with Crippen molar-refractivity contribution in [3.63, 3.8) is 0 Å². The maximum absolute atomic E-state index is 13.0. The van der Waals surface area contributed by atoms with Crippen molar-refractivity contribution in [3.05, 3.63) is 69.9 Å². The quantitative estimate of drug-likeness (QED) is 0.781. The standard InChI is InChI=1S/C14H10BrFO/c15-13-7-2-1-6-12(13)14(17)9-10-4-3-5-11(16)8-10/h1-8H,9H2. The smallest absolute Gasteiger partial charge is 0.168 e. The van der Waals surface area contributed by atoms with Gasteiger partial charge in [-0.05, 0) is 23.8 Å². The van der Waals surface area contributed by atoms with E-state index >= 15 is 0 Å². The first-order chi connectivity index (χ1) is 8.16. The summed E-state index contributed by atoms with van der Waals surface area (Å²) >= 11 is 3.33. The van der Waals surface area contributed by atoms with Crippen LogP contribution in [0.5, 0.6) is 0 Å². The molecular formula is C14H10BrFO. The van der Waals surface area contributed by atoms with E-state index in [-0.39, 0.29) is 18.0 Å². The van der Waals surface area contributed by atoms with Crippen molar-refractivity contribution >= 4 is 21.7 Å². The highest BCUT2D eigenvalue weighted by Gasteiger charge is 2.10. The van der Waals surface area contributed by atoms with Gasteiger partial charge in [0.05, 0.1) is 0 Å². The largest absolute Gasteiger partial charge is 0.294 e. The Hall–Kier alpha value is -1.48. The molecule has 0 N–H and O–H groups in total. The van der Waals surface area contributed by atoms with Gasteiger partial charge in [0, 0.05) is 16.5 Å². The van der Waals surface area contributed by atoms with Gasteiger partial charge in [0.15, 0.2) is 5.78 Å². The molecule has 2 aromatic rings. The van der Waals surface area contributed by atoms with Crippen LogP contribution in [0.25, 0.3) is 0 Å². The molecule has 2 rings (SSSR count). The third-order valence-electron chi connectivity index (χ3n) is 2.43. The van der Waals surface area contributed by atoms with Crippen molar-refractivity contribution < 1.29 is 9.18 Å². The minimum Gasteiger partial charge on any atom is -0.294 e. The van der Waals surface area contributed by atoms with Crippen molar-refractivity contribution in [2.45, 2.75) is 6.42 Å². The van der Waals surface area contributed by atoms with E-state index in [0.717, 1.165) is 4.47 Å². The maximum Gasteiger partial charge on any atom is 0.168 e. The van der Waals surface area contributed by atoms with Gasteiger partial charge in [-0.3, -0.25) is 4.79 Å². The molecular weight excluding hydrogens is 283 g/mol. The predicted octanol–water partition coefficient (Wildman–Crippen LogP) is 4.01. The molecule has 0 fully saturated rings. The molecule has 0 unspecified atom stereocenters. The summed E-state index contributed by atoms with van der Waals surface area (Å²) in [6.45, 7) is 0. The lowest BCUT2D eigenvalue weighted by Gasteiger charge is -2.03. The molecule has 2 aromatic carbocycles. The molecule has 1 nitrogen and oxygen atoms in total. The topological polar surface area (TPSA) is 17.1 Å². The third kappa shape index (κ3) is 3.01. The highest BCUT2D eigenvalue weighted by Crippen LogP contribution is 2.18. The average molecular weight is 293 g/mol. The van der Waals surface area contributed by atoms with Crippen LogP contribution in [0.4, 0.5) is 4.39 Å². The Balaban J connectivity index is 2.20. The van der Waals surface area contributed by atoms with Gasteiger partial charge in [-0.1, -0.05) is 46.3 Å². The van der Waals surface area contributed by atoms with E-state index in [1.54, 1.807) is 18.2 Å². The molecule has 0 saturated carbocycles. The second-order valence-corrected chi connectivity index (χ2v) is 4.56. The molecule has 0 aliphatic carbocycles. The SMILES string of the molecule is O=C(Cc1cccc(F)c1)c1ccccc1Br. The van der Waals surface area contributed by atoms with Crippen LogP contribution in [0, 0.1) is 5.82 Å². The Morgan fingerprint density at radius 2 is 1.88 bits per heavy atom. The molecule has 0 amide bonds. The number of hydrogen-bond donors (Lipinski definition) is 0. The zero-order valence-electron chi connectivity index (χ0n) is 8.99. The summed E-state index contributed by atoms with van der Waals surface area (Å²) in [7, 11) is 0. The van der Waals surface area contributed by atoms with E-state index in [1.165, 1.54) is 12.1 Å². The van der Waals surface area contributed by atoms with Gasteiger partial charge in [-0.2, -0.15) is 0 Å². The second-order valence-electron chi connectivity index (χ2n) is 3.71. The molecule has 0 saturated heterocycles. The molecule has 3 heteroatoms. The van der Waals surface area contributed by atoms with Gasteiger partial charge in [0.1, 0.15) is 5.82 Å². The fourth-order valence-corrected chi connectivity index (χ4v) is 2.12. The van der Waals surface area contributed by atoms with Crippen molar-refractivity contribution in [3.8, 4) is 0 Å². The van der Waals surface area contributed by atoms with Crippen LogP contribution in [0.15, 0.2) is 53.0 Å². The van der Waals surface area contributed by atoms with Crippen LogP contribution < -0.4 is 0 Å². The number of halogens is 2. The predicted molar refractivity (Wildman–Crippen MR) is 68.6 cm³/mol. The number of carbonyl (C=O) groups is 1. The number of ketones is 1. The highest BCUT2D eigenvalue weighted by molar-refractivity contribution is 9.10. The van der Waals surface area contributed by atoms with Crippen molar-refractivity contribution in [2.75, 3.05) is 0 Å². The molecule has 0 aliphatic rings. The van der Waals surface area contributed by atoms with E-state index in [4.69, 9.17) is 0 Å². The molecule has 0 aliphatic heterocycles. The molecule has 0 spiro atoms. The zero-order valence-corrected chi connectivity index (χ0v) is 10.6. The molecule has 0 atom stereocenters. The first-order valence-corrected chi connectivity index (χ1v) is 5.98. The first kappa shape index (κ1) is 12.0. The van der Waals surface area contributed by atoms with Crippen LogP contribution in [-0.2, 0) is 6.42 Å². The Morgan fingerprint density at radius 3 is 2.59 bits per heavy atom. The molecule has 86 valence electrons. The molecule has 0 heterocycles. The zero-order chi connectivity index (χ0) is 12.3. The molecule has 0 radical (unpaired) electrons. The molecule has 0 aromatic heterocycles. The number of rotatable bonds is 3. The van der Waals surface area contributed by atoms with Gasteiger partial charge in [0.2, 0.25) is 0 Å². The monoisotopic (exact) mass is 292 g/mol. The summed E-state index contributed by atoms with van der Waals surface area (Å²) in [5.74, 6) is -0.342. The van der Waals surface area contributed by atoms with Crippen LogP contribution in [0.1, 0.15) is 15.9 Å². The summed E-state index contributed by atoms with van der Waals surface area (Å²) < 4.78 is 13.7. The van der Waals surface area contributed by atoms with Crippen molar-refractivity contribution in [1.82, 2.24) is 0 Å². The van der Waals surface area contributed by atoms with Crippen LogP contribution in [-0.4, -0.2) is 5.78 Å². The number of carbonyl (C=O) groups excluding carboxylic acids is 1. The fraction of sp³-hybridized carbons (Fsp3) is 0.0714. The lowest BCUT2D eigenvalue weighted by Crippen LogP contribution is -2.04. The van der Waals surface area contributed by atoms with E-state index in [1.807, 2.05) is 18.2 Å². The third-order valence-corrected chi connectivity index (χ3v) is 3.12. The van der Waals surface area contributed by atoms with E-state index in [0.29, 0.717) is 11.1 Å². The Morgan fingerprint density at radius 1 is 1.12 bits per heavy atom. The van der Waals surface area contributed by atoms with Crippen molar-refractivity contribution in [2.24, 2.45) is 0 Å². The van der Waals surface area contributed by atoms with Gasteiger partial charge < -0.3 is 0 Å². The van der Waals surface area contributed by atoms with Gasteiger partial charge in [-0.15, -0.1) is 0 Å².